The Labute approximate surface area is 189 Å². The SMILES string of the molecule is Cc1ccccc1N1CCN(C[C@H](O)COc2ccc(C(=O)c3ccccc3)cc2)CC1. The number of anilines is 1. The summed E-state index contributed by atoms with van der Waals surface area (Å²) in [5.41, 5.74) is 3.88. The van der Waals surface area contributed by atoms with Crippen LogP contribution in [-0.4, -0.2) is 61.2 Å². The predicted molar refractivity (Wildman–Crippen MR) is 128 cm³/mol. The van der Waals surface area contributed by atoms with Crippen LogP contribution >= 0.6 is 0 Å². The Hall–Kier alpha value is -3.15. The molecule has 0 aromatic heterocycles. The number of benzene rings is 3. The van der Waals surface area contributed by atoms with Gasteiger partial charge >= 0.3 is 0 Å². The smallest absolute Gasteiger partial charge is 0.193 e. The van der Waals surface area contributed by atoms with Crippen LogP contribution in [0.4, 0.5) is 5.69 Å². The lowest BCUT2D eigenvalue weighted by Gasteiger charge is -2.37. The van der Waals surface area contributed by atoms with Crippen LogP contribution in [-0.2, 0) is 0 Å². The quantitative estimate of drug-likeness (QED) is 0.551. The summed E-state index contributed by atoms with van der Waals surface area (Å²) in [6.07, 6.45) is -0.564. The van der Waals surface area contributed by atoms with Crippen molar-refractivity contribution in [2.45, 2.75) is 13.0 Å². The molecule has 0 saturated carbocycles. The van der Waals surface area contributed by atoms with E-state index in [0.29, 0.717) is 23.4 Å². The van der Waals surface area contributed by atoms with Crippen molar-refractivity contribution >= 4 is 11.5 Å². The molecule has 0 unspecified atom stereocenters. The number of ether oxygens (including phenoxy) is 1. The first-order chi connectivity index (χ1) is 15.6. The Balaban J connectivity index is 1.22. The summed E-state index contributed by atoms with van der Waals surface area (Å²) >= 11 is 0. The minimum atomic E-state index is -0.564. The zero-order valence-electron chi connectivity index (χ0n) is 18.5. The highest BCUT2D eigenvalue weighted by molar-refractivity contribution is 6.08. The van der Waals surface area contributed by atoms with Gasteiger partial charge in [-0.2, -0.15) is 0 Å². The molecule has 5 nitrogen and oxygen atoms in total. The third-order valence-corrected chi connectivity index (χ3v) is 5.89. The highest BCUT2D eigenvalue weighted by atomic mass is 16.5. The van der Waals surface area contributed by atoms with Crippen LogP contribution in [0.1, 0.15) is 21.5 Å². The topological polar surface area (TPSA) is 53.0 Å². The van der Waals surface area contributed by atoms with E-state index in [0.717, 1.165) is 26.2 Å². The lowest BCUT2D eigenvalue weighted by molar-refractivity contribution is 0.0663. The van der Waals surface area contributed by atoms with Crippen LogP contribution < -0.4 is 9.64 Å². The van der Waals surface area contributed by atoms with Gasteiger partial charge in [-0.05, 0) is 42.8 Å². The summed E-state index contributed by atoms with van der Waals surface area (Å²) in [5, 5.41) is 10.4. The molecule has 4 rings (SSSR count). The number of piperazine rings is 1. The molecule has 0 radical (unpaired) electrons. The van der Waals surface area contributed by atoms with Crippen LogP contribution in [0.2, 0.25) is 0 Å². The second-order valence-electron chi connectivity index (χ2n) is 8.26. The van der Waals surface area contributed by atoms with Crippen LogP contribution in [0.25, 0.3) is 0 Å². The van der Waals surface area contributed by atoms with Gasteiger partial charge in [-0.25, -0.2) is 0 Å². The van der Waals surface area contributed by atoms with Gasteiger partial charge in [0.05, 0.1) is 0 Å². The maximum absolute atomic E-state index is 12.5. The summed E-state index contributed by atoms with van der Waals surface area (Å²) in [4.78, 5) is 17.2. The highest BCUT2D eigenvalue weighted by Crippen LogP contribution is 2.21. The van der Waals surface area contributed by atoms with Crippen molar-refractivity contribution in [1.82, 2.24) is 4.90 Å². The largest absolute Gasteiger partial charge is 0.491 e. The monoisotopic (exact) mass is 430 g/mol. The highest BCUT2D eigenvalue weighted by Gasteiger charge is 2.20. The fourth-order valence-corrected chi connectivity index (χ4v) is 4.09. The Morgan fingerprint density at radius 1 is 0.875 bits per heavy atom. The number of β-amino-alcohol motifs (C(OH)–C–C–N with tert-alkyl or cyclic N) is 1. The van der Waals surface area contributed by atoms with Gasteiger partial charge in [0.2, 0.25) is 0 Å². The molecule has 1 saturated heterocycles. The van der Waals surface area contributed by atoms with Gasteiger partial charge in [0.1, 0.15) is 18.5 Å². The zero-order chi connectivity index (χ0) is 22.3. The Morgan fingerprint density at radius 3 is 2.19 bits per heavy atom. The summed E-state index contributed by atoms with van der Waals surface area (Å²) in [6, 6.07) is 24.8. The molecule has 3 aromatic carbocycles. The van der Waals surface area contributed by atoms with Crippen LogP contribution in [0.3, 0.4) is 0 Å². The van der Waals surface area contributed by atoms with E-state index in [2.05, 4.69) is 41.0 Å². The summed E-state index contributed by atoms with van der Waals surface area (Å²) in [5.74, 6) is 0.639. The van der Waals surface area contributed by atoms with E-state index in [1.54, 1.807) is 24.3 Å². The Kier molecular flexibility index (Phi) is 7.20. The maximum Gasteiger partial charge on any atom is 0.193 e. The molecular weight excluding hydrogens is 400 g/mol. The molecule has 5 heteroatoms. The number of aliphatic hydroxyl groups excluding tert-OH is 1. The van der Waals surface area contributed by atoms with Crippen molar-refractivity contribution in [1.29, 1.82) is 0 Å². The van der Waals surface area contributed by atoms with Gasteiger partial charge in [0, 0.05) is 49.5 Å². The molecule has 32 heavy (non-hydrogen) atoms. The third kappa shape index (κ3) is 5.55. The number of hydrogen-bond donors (Lipinski definition) is 1. The second-order valence-corrected chi connectivity index (χ2v) is 8.26. The lowest BCUT2D eigenvalue weighted by Crippen LogP contribution is -2.49. The minimum Gasteiger partial charge on any atom is -0.491 e. The lowest BCUT2D eigenvalue weighted by atomic mass is 10.0. The molecule has 1 atom stereocenters. The third-order valence-electron chi connectivity index (χ3n) is 5.89. The second kappa shape index (κ2) is 10.4. The van der Waals surface area contributed by atoms with E-state index in [1.807, 2.05) is 30.3 Å². The molecule has 1 N–H and O–H groups in total. The first kappa shape index (κ1) is 22.1. The number of nitrogens with zero attached hydrogens (tertiary/aromatic N) is 2. The number of ketones is 1. The van der Waals surface area contributed by atoms with Crippen molar-refractivity contribution < 1.29 is 14.6 Å². The van der Waals surface area contributed by atoms with Crippen LogP contribution in [0.15, 0.2) is 78.9 Å². The number of para-hydroxylation sites is 1. The van der Waals surface area contributed by atoms with Crippen molar-refractivity contribution in [3.63, 3.8) is 0 Å². The molecule has 1 aliphatic rings. The maximum atomic E-state index is 12.5. The summed E-state index contributed by atoms with van der Waals surface area (Å²) < 4.78 is 5.76. The molecule has 1 aliphatic heterocycles. The number of rotatable bonds is 8. The van der Waals surface area contributed by atoms with Crippen molar-refractivity contribution in [3.8, 4) is 5.75 Å². The van der Waals surface area contributed by atoms with Gasteiger partial charge in [0.25, 0.3) is 0 Å². The fourth-order valence-electron chi connectivity index (χ4n) is 4.09. The standard InChI is InChI=1S/C27H30N2O3/c1-21-7-5-6-10-26(21)29-17-15-28(16-18-29)19-24(30)20-32-25-13-11-23(12-14-25)27(31)22-8-3-2-4-9-22/h2-14,24,30H,15-20H2,1H3/t24-/m0/s1. The van der Waals surface area contributed by atoms with Crippen molar-refractivity contribution in [3.05, 3.63) is 95.6 Å². The summed E-state index contributed by atoms with van der Waals surface area (Å²) in [6.45, 7) is 6.71. The molecule has 166 valence electrons. The van der Waals surface area contributed by atoms with Crippen molar-refractivity contribution in [2.24, 2.45) is 0 Å². The first-order valence-corrected chi connectivity index (χ1v) is 11.1. The van der Waals surface area contributed by atoms with E-state index in [9.17, 15) is 9.90 Å². The van der Waals surface area contributed by atoms with Gasteiger partial charge < -0.3 is 14.7 Å². The first-order valence-electron chi connectivity index (χ1n) is 11.1. The van der Waals surface area contributed by atoms with E-state index in [1.165, 1.54) is 11.3 Å². The van der Waals surface area contributed by atoms with Gasteiger partial charge in [-0.3, -0.25) is 9.69 Å². The number of hydrogen-bond acceptors (Lipinski definition) is 5. The fraction of sp³-hybridized carbons (Fsp3) is 0.296. The molecule has 0 spiro atoms. The van der Waals surface area contributed by atoms with E-state index in [4.69, 9.17) is 4.74 Å². The average molecular weight is 431 g/mol. The molecule has 1 heterocycles. The molecule has 0 bridgehead atoms. The van der Waals surface area contributed by atoms with Gasteiger partial charge in [-0.15, -0.1) is 0 Å². The van der Waals surface area contributed by atoms with Crippen LogP contribution in [0, 0.1) is 6.92 Å². The Bertz CT molecular complexity index is 1010. The van der Waals surface area contributed by atoms with Gasteiger partial charge in [-0.1, -0.05) is 48.5 Å². The number of aliphatic hydroxyl groups is 1. The molecule has 0 aliphatic carbocycles. The summed E-state index contributed by atoms with van der Waals surface area (Å²) in [7, 11) is 0. The molecule has 0 amide bonds. The average Bonchev–Trinajstić information content (AvgIpc) is 2.84. The normalized spacial score (nSPS) is 15.4. The van der Waals surface area contributed by atoms with E-state index in [-0.39, 0.29) is 12.4 Å². The van der Waals surface area contributed by atoms with E-state index >= 15 is 0 Å². The number of aryl methyl sites for hydroxylation is 1. The molecular formula is C27H30N2O3. The van der Waals surface area contributed by atoms with E-state index < -0.39 is 6.10 Å². The van der Waals surface area contributed by atoms with Crippen LogP contribution in [0.5, 0.6) is 5.75 Å². The molecule has 3 aromatic rings. The van der Waals surface area contributed by atoms with Gasteiger partial charge in [0.15, 0.2) is 5.78 Å². The predicted octanol–water partition coefficient (Wildman–Crippen LogP) is 3.79. The Morgan fingerprint density at radius 2 is 1.50 bits per heavy atom. The minimum absolute atomic E-state index is 0.0120. The number of carbonyl (C=O) groups excluding carboxylic acids is 1. The van der Waals surface area contributed by atoms with Crippen molar-refractivity contribution in [2.75, 3.05) is 44.2 Å². The number of carbonyl (C=O) groups is 1. The molecule has 1 fully saturated rings. The zero-order valence-corrected chi connectivity index (χ0v) is 18.5.